The Morgan fingerprint density at radius 2 is 1.84 bits per heavy atom. The highest BCUT2D eigenvalue weighted by molar-refractivity contribution is 6.06. The van der Waals surface area contributed by atoms with Gasteiger partial charge in [0.05, 0.1) is 26.0 Å². The molecule has 2 aromatic carbocycles. The van der Waals surface area contributed by atoms with Gasteiger partial charge in [-0.05, 0) is 36.8 Å². The van der Waals surface area contributed by atoms with Crippen LogP contribution in [0, 0.1) is 18.3 Å². The molecular formula is C23H19N5O3. The van der Waals surface area contributed by atoms with Gasteiger partial charge in [0, 0.05) is 5.39 Å². The van der Waals surface area contributed by atoms with Crippen LogP contribution in [0.2, 0.25) is 0 Å². The van der Waals surface area contributed by atoms with E-state index in [1.807, 2.05) is 31.2 Å². The van der Waals surface area contributed by atoms with Gasteiger partial charge in [-0.25, -0.2) is 4.98 Å². The van der Waals surface area contributed by atoms with Crippen molar-refractivity contribution in [1.82, 2.24) is 14.8 Å². The average molecular weight is 413 g/mol. The van der Waals surface area contributed by atoms with Crippen molar-refractivity contribution in [1.29, 1.82) is 5.26 Å². The van der Waals surface area contributed by atoms with Crippen molar-refractivity contribution in [2.24, 2.45) is 0 Å². The van der Waals surface area contributed by atoms with Crippen molar-refractivity contribution >= 4 is 22.6 Å². The number of carbonyl (C=O) groups is 1. The zero-order valence-corrected chi connectivity index (χ0v) is 17.2. The molecule has 1 N–H and O–H groups in total. The van der Waals surface area contributed by atoms with Crippen molar-refractivity contribution < 1.29 is 14.3 Å². The number of aryl methyl sites for hydroxylation is 1. The SMILES string of the molecule is COc1ccccc1C(=O)Nc1c(C#N)cnn1-c1cc(C)c2cccc(OC)c2n1. The third-order valence-corrected chi connectivity index (χ3v) is 4.91. The predicted molar refractivity (Wildman–Crippen MR) is 116 cm³/mol. The molecule has 8 heteroatoms. The fourth-order valence-corrected chi connectivity index (χ4v) is 3.38. The van der Waals surface area contributed by atoms with Crippen molar-refractivity contribution in [3.63, 3.8) is 0 Å². The van der Waals surface area contributed by atoms with E-state index in [2.05, 4.69) is 21.5 Å². The number of pyridine rings is 1. The monoisotopic (exact) mass is 413 g/mol. The van der Waals surface area contributed by atoms with Crippen LogP contribution in [0.15, 0.2) is 54.7 Å². The summed E-state index contributed by atoms with van der Waals surface area (Å²) in [6.45, 7) is 1.95. The average Bonchev–Trinajstić information content (AvgIpc) is 3.21. The summed E-state index contributed by atoms with van der Waals surface area (Å²) in [7, 11) is 3.07. The summed E-state index contributed by atoms with van der Waals surface area (Å²) in [4.78, 5) is 17.6. The molecular weight excluding hydrogens is 394 g/mol. The molecule has 1 amide bonds. The first-order valence-electron chi connectivity index (χ1n) is 9.44. The molecule has 0 aliphatic heterocycles. The predicted octanol–water partition coefficient (Wildman–Crippen LogP) is 3.87. The normalized spacial score (nSPS) is 10.5. The maximum Gasteiger partial charge on any atom is 0.260 e. The number of nitriles is 1. The van der Waals surface area contributed by atoms with Crippen molar-refractivity contribution in [3.05, 3.63) is 71.4 Å². The smallest absolute Gasteiger partial charge is 0.260 e. The maximum atomic E-state index is 12.9. The Morgan fingerprint density at radius 3 is 2.58 bits per heavy atom. The molecule has 0 saturated carbocycles. The fourth-order valence-electron chi connectivity index (χ4n) is 3.38. The number of methoxy groups -OCH3 is 2. The minimum absolute atomic E-state index is 0.211. The number of fused-ring (bicyclic) bond motifs is 1. The lowest BCUT2D eigenvalue weighted by molar-refractivity contribution is 0.102. The topological polar surface area (TPSA) is 102 Å². The Labute approximate surface area is 178 Å². The molecule has 4 rings (SSSR count). The van der Waals surface area contributed by atoms with Gasteiger partial charge in [0.1, 0.15) is 28.6 Å². The Morgan fingerprint density at radius 1 is 1.10 bits per heavy atom. The van der Waals surface area contributed by atoms with Gasteiger partial charge >= 0.3 is 0 Å². The number of anilines is 1. The fraction of sp³-hybridized carbons (Fsp3) is 0.130. The van der Waals surface area contributed by atoms with Gasteiger partial charge < -0.3 is 14.8 Å². The van der Waals surface area contributed by atoms with Crippen molar-refractivity contribution in [2.45, 2.75) is 6.92 Å². The molecule has 0 fully saturated rings. The Kier molecular flexibility index (Phi) is 5.24. The van der Waals surface area contributed by atoms with E-state index >= 15 is 0 Å². The lowest BCUT2D eigenvalue weighted by Gasteiger charge is -2.13. The molecule has 0 aliphatic carbocycles. The number of carbonyl (C=O) groups excluding carboxylic acids is 1. The number of hydrogen-bond donors (Lipinski definition) is 1. The quantitative estimate of drug-likeness (QED) is 0.533. The molecule has 0 bridgehead atoms. The van der Waals surface area contributed by atoms with E-state index in [0.29, 0.717) is 28.4 Å². The minimum atomic E-state index is -0.425. The van der Waals surface area contributed by atoms with E-state index in [4.69, 9.17) is 9.47 Å². The molecule has 4 aromatic rings. The van der Waals surface area contributed by atoms with E-state index in [1.54, 1.807) is 31.4 Å². The van der Waals surface area contributed by atoms with Gasteiger partial charge in [0.25, 0.3) is 5.91 Å². The number of para-hydroxylation sites is 2. The highest BCUT2D eigenvalue weighted by Crippen LogP contribution is 2.29. The summed E-state index contributed by atoms with van der Waals surface area (Å²) in [5, 5.41) is 17.6. The minimum Gasteiger partial charge on any atom is -0.496 e. The Hall–Kier alpha value is -4.38. The van der Waals surface area contributed by atoms with Crippen LogP contribution < -0.4 is 14.8 Å². The Balaban J connectivity index is 1.82. The molecule has 31 heavy (non-hydrogen) atoms. The lowest BCUT2D eigenvalue weighted by atomic mass is 10.1. The van der Waals surface area contributed by atoms with E-state index in [1.165, 1.54) is 18.0 Å². The summed E-state index contributed by atoms with van der Waals surface area (Å²) in [5.74, 6) is 1.29. The van der Waals surface area contributed by atoms with Gasteiger partial charge in [-0.3, -0.25) is 4.79 Å². The molecule has 2 heterocycles. The molecule has 0 atom stereocenters. The molecule has 2 aromatic heterocycles. The first kappa shape index (κ1) is 19.9. The van der Waals surface area contributed by atoms with Crippen molar-refractivity contribution in [3.8, 4) is 23.4 Å². The third kappa shape index (κ3) is 3.53. The second-order valence-corrected chi connectivity index (χ2v) is 6.74. The second-order valence-electron chi connectivity index (χ2n) is 6.74. The second kappa shape index (κ2) is 8.16. The van der Waals surface area contributed by atoms with Crippen LogP contribution in [0.4, 0.5) is 5.82 Å². The highest BCUT2D eigenvalue weighted by atomic mass is 16.5. The number of hydrogen-bond acceptors (Lipinski definition) is 6. The third-order valence-electron chi connectivity index (χ3n) is 4.91. The lowest BCUT2D eigenvalue weighted by Crippen LogP contribution is -2.17. The first-order chi connectivity index (χ1) is 15.1. The summed E-state index contributed by atoms with van der Waals surface area (Å²) in [6.07, 6.45) is 1.39. The molecule has 154 valence electrons. The zero-order chi connectivity index (χ0) is 22.0. The highest BCUT2D eigenvalue weighted by Gasteiger charge is 2.20. The summed E-state index contributed by atoms with van der Waals surface area (Å²) in [6, 6.07) is 16.4. The molecule has 8 nitrogen and oxygen atoms in total. The van der Waals surface area contributed by atoms with Crippen LogP contribution in [0.3, 0.4) is 0 Å². The summed E-state index contributed by atoms with van der Waals surface area (Å²) < 4.78 is 12.2. The molecule has 0 aliphatic rings. The number of nitrogens with one attached hydrogen (secondary N) is 1. The number of nitrogens with zero attached hydrogens (tertiary/aromatic N) is 4. The molecule has 0 spiro atoms. The number of benzene rings is 2. The number of aromatic nitrogens is 3. The maximum absolute atomic E-state index is 12.9. The standard InChI is InChI=1S/C23H19N5O3/c1-14-11-20(26-21-16(14)8-6-10-19(21)31-3)28-22(15(12-24)13-25-28)27-23(29)17-7-4-5-9-18(17)30-2/h4-11,13H,1-3H3,(H,27,29). The van der Waals surface area contributed by atoms with E-state index in [0.717, 1.165) is 10.9 Å². The number of amides is 1. The summed E-state index contributed by atoms with van der Waals surface area (Å²) >= 11 is 0. The van der Waals surface area contributed by atoms with Crippen LogP contribution in [0.25, 0.3) is 16.7 Å². The van der Waals surface area contributed by atoms with Gasteiger partial charge in [-0.1, -0.05) is 24.3 Å². The van der Waals surface area contributed by atoms with Gasteiger partial charge in [-0.2, -0.15) is 15.0 Å². The molecule has 0 radical (unpaired) electrons. The van der Waals surface area contributed by atoms with Gasteiger partial charge in [0.15, 0.2) is 11.6 Å². The van der Waals surface area contributed by atoms with E-state index < -0.39 is 5.91 Å². The van der Waals surface area contributed by atoms with Crippen LogP contribution in [-0.2, 0) is 0 Å². The van der Waals surface area contributed by atoms with Gasteiger partial charge in [0.2, 0.25) is 0 Å². The van der Waals surface area contributed by atoms with Crippen LogP contribution in [-0.4, -0.2) is 34.9 Å². The first-order valence-corrected chi connectivity index (χ1v) is 9.44. The van der Waals surface area contributed by atoms with Crippen LogP contribution in [0.1, 0.15) is 21.5 Å². The molecule has 0 saturated heterocycles. The Bertz CT molecular complexity index is 1340. The largest absolute Gasteiger partial charge is 0.496 e. The number of ether oxygens (including phenoxy) is 2. The van der Waals surface area contributed by atoms with Crippen molar-refractivity contribution in [2.75, 3.05) is 19.5 Å². The molecule has 0 unspecified atom stereocenters. The van der Waals surface area contributed by atoms with Gasteiger partial charge in [-0.15, -0.1) is 0 Å². The van der Waals surface area contributed by atoms with Crippen LogP contribution in [0.5, 0.6) is 11.5 Å². The van der Waals surface area contributed by atoms with E-state index in [-0.39, 0.29) is 11.4 Å². The number of rotatable bonds is 5. The summed E-state index contributed by atoms with van der Waals surface area (Å²) in [5.41, 5.74) is 2.17. The van der Waals surface area contributed by atoms with Crippen LogP contribution >= 0.6 is 0 Å². The van der Waals surface area contributed by atoms with E-state index in [9.17, 15) is 10.1 Å². The zero-order valence-electron chi connectivity index (χ0n) is 17.2.